The molecule has 0 fully saturated rings. The smallest absolute Gasteiger partial charge is 0.275 e. The highest BCUT2D eigenvalue weighted by atomic mass is 16.5. The Morgan fingerprint density at radius 3 is 2.35 bits per heavy atom. The molecule has 0 unspecified atom stereocenters. The normalized spacial score (nSPS) is 12.5. The fourth-order valence-electron chi connectivity index (χ4n) is 2.66. The minimum Gasteiger partial charge on any atom is -0.492 e. The van der Waals surface area contributed by atoms with E-state index in [9.17, 15) is 4.79 Å². The highest BCUT2D eigenvalue weighted by Crippen LogP contribution is 2.24. The van der Waals surface area contributed by atoms with Gasteiger partial charge in [0, 0.05) is 5.56 Å². The molecule has 0 heterocycles. The lowest BCUT2D eigenvalue weighted by molar-refractivity contribution is -0.682. The average molecular weight is 356 g/mol. The van der Waals surface area contributed by atoms with E-state index < -0.39 is 0 Å². The van der Waals surface area contributed by atoms with Crippen molar-refractivity contribution in [3.63, 3.8) is 0 Å². The van der Waals surface area contributed by atoms with Crippen molar-refractivity contribution >= 4 is 5.91 Å². The Labute approximate surface area is 157 Å². The fraction of sp³-hybridized carbons (Fsp3) is 0.409. The van der Waals surface area contributed by atoms with Crippen LogP contribution in [0.1, 0.15) is 44.9 Å². The number of amides is 1. The molecule has 0 aliphatic rings. The summed E-state index contributed by atoms with van der Waals surface area (Å²) < 4.78 is 5.69. The highest BCUT2D eigenvalue weighted by molar-refractivity contribution is 5.76. The van der Waals surface area contributed by atoms with E-state index in [1.807, 2.05) is 35.6 Å². The topological polar surface area (TPSA) is 54.9 Å². The number of nitrogens with one attached hydrogen (secondary N) is 1. The van der Waals surface area contributed by atoms with Crippen molar-refractivity contribution in [3.8, 4) is 5.75 Å². The maximum absolute atomic E-state index is 11.9. The molecule has 0 saturated heterocycles. The van der Waals surface area contributed by atoms with Crippen LogP contribution in [0.3, 0.4) is 0 Å². The van der Waals surface area contributed by atoms with Gasteiger partial charge in [0.2, 0.25) is 0 Å². The first-order valence-corrected chi connectivity index (χ1v) is 9.24. The molecule has 26 heavy (non-hydrogen) atoms. The van der Waals surface area contributed by atoms with E-state index in [0.717, 1.165) is 5.75 Å². The van der Waals surface area contributed by atoms with Crippen LogP contribution in [0, 0.1) is 0 Å². The Morgan fingerprint density at radius 1 is 1.08 bits per heavy atom. The molecule has 1 atom stereocenters. The molecule has 0 aliphatic heterocycles. The molecule has 2 aromatic carbocycles. The number of rotatable bonds is 8. The number of hydrogen-bond acceptors (Lipinski definition) is 2. The molecule has 4 heteroatoms. The number of hydrogen-bond donors (Lipinski definition) is 2. The molecule has 2 rings (SSSR count). The number of quaternary nitrogens is 1. The molecular formula is C22H31N2O2+. The van der Waals surface area contributed by atoms with Crippen LogP contribution in [0.25, 0.3) is 0 Å². The molecule has 2 aromatic rings. The summed E-state index contributed by atoms with van der Waals surface area (Å²) in [5, 5.41) is 4.94. The van der Waals surface area contributed by atoms with Gasteiger partial charge in [0.15, 0.2) is 6.54 Å². The first-order chi connectivity index (χ1) is 12.4. The standard InChI is InChI=1S/C22H30N2O2/c1-17(18-8-6-5-7-9-18)24-16-21(25)23-14-15-26-20-12-10-19(11-13-20)22(2,3)4/h5-13,17,24H,14-16H2,1-4H3,(H,23,25)/p+1/t17-/m0/s1. The lowest BCUT2D eigenvalue weighted by atomic mass is 9.87. The van der Waals surface area contributed by atoms with Gasteiger partial charge in [-0.15, -0.1) is 0 Å². The summed E-state index contributed by atoms with van der Waals surface area (Å²) >= 11 is 0. The second kappa shape index (κ2) is 9.39. The third-order valence-corrected chi connectivity index (χ3v) is 4.40. The second-order valence-electron chi connectivity index (χ2n) is 7.61. The molecule has 0 spiro atoms. The second-order valence-corrected chi connectivity index (χ2v) is 7.61. The molecule has 0 aliphatic carbocycles. The van der Waals surface area contributed by atoms with Gasteiger partial charge in [0.1, 0.15) is 18.4 Å². The summed E-state index contributed by atoms with van der Waals surface area (Å²) in [5.74, 6) is 0.857. The van der Waals surface area contributed by atoms with Gasteiger partial charge in [-0.25, -0.2) is 0 Å². The molecule has 0 bridgehead atoms. The van der Waals surface area contributed by atoms with Crippen molar-refractivity contribution in [2.24, 2.45) is 0 Å². The zero-order chi connectivity index (χ0) is 19.0. The molecule has 0 aromatic heterocycles. The van der Waals surface area contributed by atoms with E-state index in [4.69, 9.17) is 4.74 Å². The highest BCUT2D eigenvalue weighted by Gasteiger charge is 2.13. The molecular weight excluding hydrogens is 324 g/mol. The van der Waals surface area contributed by atoms with Crippen molar-refractivity contribution < 1.29 is 14.8 Å². The molecule has 4 nitrogen and oxygen atoms in total. The van der Waals surface area contributed by atoms with E-state index in [0.29, 0.717) is 19.7 Å². The summed E-state index contributed by atoms with van der Waals surface area (Å²) in [6, 6.07) is 18.6. The number of carbonyl (C=O) groups is 1. The number of benzene rings is 2. The molecule has 3 N–H and O–H groups in total. The van der Waals surface area contributed by atoms with Crippen LogP contribution in [0.5, 0.6) is 5.75 Å². The predicted molar refractivity (Wildman–Crippen MR) is 105 cm³/mol. The Morgan fingerprint density at radius 2 is 1.73 bits per heavy atom. The van der Waals surface area contributed by atoms with Crippen molar-refractivity contribution in [3.05, 3.63) is 65.7 Å². The Bertz CT molecular complexity index is 676. The van der Waals surface area contributed by atoms with Gasteiger partial charge in [0.05, 0.1) is 6.54 Å². The molecule has 0 radical (unpaired) electrons. The first kappa shape index (κ1) is 20.0. The van der Waals surface area contributed by atoms with Crippen molar-refractivity contribution in [2.75, 3.05) is 19.7 Å². The third-order valence-electron chi connectivity index (χ3n) is 4.40. The van der Waals surface area contributed by atoms with Gasteiger partial charge >= 0.3 is 0 Å². The van der Waals surface area contributed by atoms with Crippen LogP contribution in [0.4, 0.5) is 0 Å². The quantitative estimate of drug-likeness (QED) is 0.716. The van der Waals surface area contributed by atoms with Gasteiger partial charge in [-0.3, -0.25) is 4.79 Å². The summed E-state index contributed by atoms with van der Waals surface area (Å²) in [6.07, 6.45) is 0. The van der Waals surface area contributed by atoms with E-state index in [2.05, 4.69) is 57.3 Å². The van der Waals surface area contributed by atoms with Crippen molar-refractivity contribution in [2.45, 2.75) is 39.2 Å². The van der Waals surface area contributed by atoms with E-state index >= 15 is 0 Å². The van der Waals surface area contributed by atoms with Crippen molar-refractivity contribution in [1.82, 2.24) is 5.32 Å². The maximum atomic E-state index is 11.9. The predicted octanol–water partition coefficient (Wildman–Crippen LogP) is 2.80. The largest absolute Gasteiger partial charge is 0.492 e. The van der Waals surface area contributed by atoms with Crippen LogP contribution in [-0.4, -0.2) is 25.6 Å². The minimum absolute atomic E-state index is 0.0273. The van der Waals surface area contributed by atoms with E-state index in [1.165, 1.54) is 11.1 Å². The Balaban J connectivity index is 1.64. The monoisotopic (exact) mass is 355 g/mol. The summed E-state index contributed by atoms with van der Waals surface area (Å²) in [4.78, 5) is 11.9. The van der Waals surface area contributed by atoms with Crippen LogP contribution < -0.4 is 15.4 Å². The number of ether oxygens (including phenoxy) is 1. The minimum atomic E-state index is 0.0273. The summed E-state index contributed by atoms with van der Waals surface area (Å²) in [7, 11) is 0. The Hall–Kier alpha value is -2.33. The fourth-order valence-corrected chi connectivity index (χ4v) is 2.66. The molecule has 1 amide bonds. The summed E-state index contributed by atoms with van der Waals surface area (Å²) in [6.45, 7) is 10.1. The van der Waals surface area contributed by atoms with Crippen LogP contribution in [-0.2, 0) is 10.2 Å². The third kappa shape index (κ3) is 6.52. The van der Waals surface area contributed by atoms with Crippen LogP contribution in [0.2, 0.25) is 0 Å². The SMILES string of the molecule is C[C@H]([NH2+]CC(=O)NCCOc1ccc(C(C)(C)C)cc1)c1ccccc1. The first-order valence-electron chi connectivity index (χ1n) is 9.24. The van der Waals surface area contributed by atoms with E-state index in [-0.39, 0.29) is 17.4 Å². The lowest BCUT2D eigenvalue weighted by Crippen LogP contribution is -2.87. The Kier molecular flexibility index (Phi) is 7.22. The lowest BCUT2D eigenvalue weighted by Gasteiger charge is -2.19. The maximum Gasteiger partial charge on any atom is 0.275 e. The van der Waals surface area contributed by atoms with Gasteiger partial charge in [-0.05, 0) is 30.0 Å². The van der Waals surface area contributed by atoms with Gasteiger partial charge < -0.3 is 15.4 Å². The molecule has 0 saturated carbocycles. The van der Waals surface area contributed by atoms with Crippen LogP contribution >= 0.6 is 0 Å². The number of carbonyl (C=O) groups excluding carboxylic acids is 1. The zero-order valence-electron chi connectivity index (χ0n) is 16.3. The van der Waals surface area contributed by atoms with Gasteiger partial charge in [0.25, 0.3) is 5.91 Å². The zero-order valence-corrected chi connectivity index (χ0v) is 16.3. The molecule has 140 valence electrons. The number of nitrogens with two attached hydrogens (primary N) is 1. The van der Waals surface area contributed by atoms with Crippen molar-refractivity contribution in [1.29, 1.82) is 0 Å². The van der Waals surface area contributed by atoms with Gasteiger partial charge in [-0.2, -0.15) is 0 Å². The van der Waals surface area contributed by atoms with E-state index in [1.54, 1.807) is 0 Å². The average Bonchev–Trinajstić information content (AvgIpc) is 2.63. The van der Waals surface area contributed by atoms with Crippen LogP contribution in [0.15, 0.2) is 54.6 Å². The van der Waals surface area contributed by atoms with Gasteiger partial charge in [-0.1, -0.05) is 63.2 Å². The summed E-state index contributed by atoms with van der Waals surface area (Å²) in [5.41, 5.74) is 2.64.